The minimum Gasteiger partial charge on any atom is -0.389 e. The van der Waals surface area contributed by atoms with Crippen molar-refractivity contribution in [2.24, 2.45) is 0 Å². The monoisotopic (exact) mass is 302 g/mol. The lowest BCUT2D eigenvalue weighted by Crippen LogP contribution is -2.40. The molecule has 0 radical (unpaired) electrons. The summed E-state index contributed by atoms with van der Waals surface area (Å²) in [5, 5.41) is 10.7. The van der Waals surface area contributed by atoms with E-state index >= 15 is 0 Å². The molecular formula is C17H26N4O. The van der Waals surface area contributed by atoms with Gasteiger partial charge in [0.25, 0.3) is 0 Å². The number of imidazole rings is 1. The first-order chi connectivity index (χ1) is 10.5. The normalized spacial score (nSPS) is 24.0. The van der Waals surface area contributed by atoms with Crippen LogP contribution < -0.4 is 0 Å². The summed E-state index contributed by atoms with van der Waals surface area (Å²) in [5.41, 5.74) is 1.57. The second-order valence-electron chi connectivity index (χ2n) is 6.79. The van der Waals surface area contributed by atoms with Gasteiger partial charge >= 0.3 is 0 Å². The van der Waals surface area contributed by atoms with Gasteiger partial charge in [-0.1, -0.05) is 12.1 Å². The summed E-state index contributed by atoms with van der Waals surface area (Å²) >= 11 is 0. The molecule has 0 amide bonds. The molecule has 2 N–H and O–H groups in total. The van der Waals surface area contributed by atoms with Crippen molar-refractivity contribution in [1.29, 1.82) is 0 Å². The van der Waals surface area contributed by atoms with Gasteiger partial charge in [0.1, 0.15) is 5.82 Å². The Morgan fingerprint density at radius 3 is 2.86 bits per heavy atom. The number of aliphatic hydroxyl groups is 1. The fourth-order valence-corrected chi connectivity index (χ4v) is 3.43. The molecule has 1 saturated heterocycles. The molecule has 120 valence electrons. The zero-order valence-electron chi connectivity index (χ0n) is 13.5. The summed E-state index contributed by atoms with van der Waals surface area (Å²) in [6.07, 6.45) is 2.73. The van der Waals surface area contributed by atoms with Gasteiger partial charge in [-0.05, 0) is 52.0 Å². The molecule has 1 aliphatic rings. The van der Waals surface area contributed by atoms with Gasteiger partial charge in [-0.15, -0.1) is 0 Å². The van der Waals surface area contributed by atoms with Crippen molar-refractivity contribution in [3.8, 4) is 0 Å². The molecule has 2 aromatic rings. The Bertz CT molecular complexity index is 591. The molecule has 0 unspecified atom stereocenters. The van der Waals surface area contributed by atoms with Crippen LogP contribution in [0.3, 0.4) is 0 Å². The number of benzene rings is 1. The van der Waals surface area contributed by atoms with E-state index in [0.29, 0.717) is 0 Å². The zero-order chi connectivity index (χ0) is 15.6. The number of nitrogens with zero attached hydrogens (tertiary/aromatic N) is 3. The predicted molar refractivity (Wildman–Crippen MR) is 88.7 cm³/mol. The second-order valence-corrected chi connectivity index (χ2v) is 6.79. The predicted octanol–water partition coefficient (Wildman–Crippen LogP) is 1.84. The van der Waals surface area contributed by atoms with E-state index in [0.717, 1.165) is 62.3 Å². The molecular weight excluding hydrogens is 276 g/mol. The lowest BCUT2D eigenvalue weighted by atomic mass is 9.94. The highest BCUT2D eigenvalue weighted by Gasteiger charge is 2.30. The third kappa shape index (κ3) is 3.66. The summed E-state index contributed by atoms with van der Waals surface area (Å²) in [5.74, 6) is 1.01. The first-order valence-electron chi connectivity index (χ1n) is 8.07. The van der Waals surface area contributed by atoms with E-state index in [9.17, 15) is 5.11 Å². The number of hydrogen-bond donors (Lipinski definition) is 2. The third-order valence-corrected chi connectivity index (χ3v) is 4.43. The van der Waals surface area contributed by atoms with E-state index in [4.69, 9.17) is 0 Å². The summed E-state index contributed by atoms with van der Waals surface area (Å²) in [7, 11) is 4.05. The molecule has 22 heavy (non-hydrogen) atoms. The van der Waals surface area contributed by atoms with Crippen LogP contribution in [0, 0.1) is 0 Å². The zero-order valence-corrected chi connectivity index (χ0v) is 13.5. The molecule has 5 nitrogen and oxygen atoms in total. The topological polar surface area (TPSA) is 55.4 Å². The number of likely N-dealkylation sites (N-methyl/N-ethyl adjacent to an activating group) is 1. The second kappa shape index (κ2) is 6.36. The molecule has 1 aliphatic heterocycles. The van der Waals surface area contributed by atoms with Crippen LogP contribution in [0.25, 0.3) is 11.0 Å². The standard InChI is InChI=1S/C17H26N4O/c1-20(2)13-17(22)8-5-10-21(11-9-17)12-16-18-14-6-3-4-7-15(14)19-16/h3-4,6-7,22H,5,8-13H2,1-2H3,(H,18,19)/t17-/m1/s1. The molecule has 1 aromatic carbocycles. The van der Waals surface area contributed by atoms with E-state index in [2.05, 4.69) is 25.8 Å². The minimum atomic E-state index is -0.549. The fourth-order valence-electron chi connectivity index (χ4n) is 3.43. The Hall–Kier alpha value is -1.43. The first-order valence-corrected chi connectivity index (χ1v) is 8.07. The van der Waals surface area contributed by atoms with Gasteiger partial charge in [0.15, 0.2) is 0 Å². The molecule has 0 saturated carbocycles. The van der Waals surface area contributed by atoms with Gasteiger partial charge in [-0.3, -0.25) is 4.90 Å². The molecule has 1 atom stereocenters. The van der Waals surface area contributed by atoms with Crippen LogP contribution in [0.4, 0.5) is 0 Å². The molecule has 0 spiro atoms. The summed E-state index contributed by atoms with van der Waals surface area (Å²) < 4.78 is 0. The molecule has 2 heterocycles. The van der Waals surface area contributed by atoms with Crippen molar-refractivity contribution in [3.05, 3.63) is 30.1 Å². The van der Waals surface area contributed by atoms with Gasteiger partial charge in [-0.25, -0.2) is 4.98 Å². The molecule has 0 bridgehead atoms. The van der Waals surface area contributed by atoms with Crippen molar-refractivity contribution < 1.29 is 5.11 Å². The lowest BCUT2D eigenvalue weighted by Gasteiger charge is -2.29. The van der Waals surface area contributed by atoms with Gasteiger partial charge in [0, 0.05) is 13.1 Å². The number of rotatable bonds is 4. The average molecular weight is 302 g/mol. The maximum absolute atomic E-state index is 10.7. The van der Waals surface area contributed by atoms with Gasteiger partial charge in [0.2, 0.25) is 0 Å². The molecule has 1 fully saturated rings. The van der Waals surface area contributed by atoms with Gasteiger partial charge < -0.3 is 15.0 Å². The highest BCUT2D eigenvalue weighted by atomic mass is 16.3. The van der Waals surface area contributed by atoms with E-state index < -0.39 is 5.60 Å². The number of aromatic nitrogens is 2. The van der Waals surface area contributed by atoms with Crippen LogP contribution in [0.1, 0.15) is 25.1 Å². The van der Waals surface area contributed by atoms with Crippen LogP contribution in [-0.4, -0.2) is 64.2 Å². The Balaban J connectivity index is 1.64. The van der Waals surface area contributed by atoms with Crippen LogP contribution in [0.15, 0.2) is 24.3 Å². The SMILES string of the molecule is CN(C)C[C@@]1(O)CCCN(Cc2nc3ccccc3[nH]2)CC1. The van der Waals surface area contributed by atoms with Crippen molar-refractivity contribution >= 4 is 11.0 Å². The van der Waals surface area contributed by atoms with Gasteiger partial charge in [-0.2, -0.15) is 0 Å². The summed E-state index contributed by atoms with van der Waals surface area (Å²) in [6.45, 7) is 3.51. The summed E-state index contributed by atoms with van der Waals surface area (Å²) in [4.78, 5) is 12.5. The molecule has 0 aliphatic carbocycles. The van der Waals surface area contributed by atoms with Crippen LogP contribution >= 0.6 is 0 Å². The Morgan fingerprint density at radius 1 is 1.27 bits per heavy atom. The minimum absolute atomic E-state index is 0.549. The molecule has 3 rings (SSSR count). The van der Waals surface area contributed by atoms with E-state index in [1.165, 1.54) is 0 Å². The number of aromatic amines is 1. The average Bonchev–Trinajstić information content (AvgIpc) is 2.77. The van der Waals surface area contributed by atoms with Crippen LogP contribution in [0.5, 0.6) is 0 Å². The number of hydrogen-bond acceptors (Lipinski definition) is 4. The first kappa shape index (κ1) is 15.5. The number of fused-ring (bicyclic) bond motifs is 1. The number of likely N-dealkylation sites (tertiary alicyclic amines) is 1. The van der Waals surface area contributed by atoms with Crippen molar-refractivity contribution in [3.63, 3.8) is 0 Å². The van der Waals surface area contributed by atoms with Crippen molar-refractivity contribution in [2.75, 3.05) is 33.7 Å². The maximum Gasteiger partial charge on any atom is 0.121 e. The number of para-hydroxylation sites is 2. The fraction of sp³-hybridized carbons (Fsp3) is 0.588. The number of H-pyrrole nitrogens is 1. The van der Waals surface area contributed by atoms with Crippen molar-refractivity contribution in [1.82, 2.24) is 19.8 Å². The highest BCUT2D eigenvalue weighted by molar-refractivity contribution is 5.74. The van der Waals surface area contributed by atoms with Gasteiger partial charge in [0.05, 0.1) is 23.2 Å². The highest BCUT2D eigenvalue weighted by Crippen LogP contribution is 2.24. The molecule has 1 aromatic heterocycles. The number of nitrogens with one attached hydrogen (secondary N) is 1. The third-order valence-electron chi connectivity index (χ3n) is 4.43. The van der Waals surface area contributed by atoms with E-state index in [-0.39, 0.29) is 0 Å². The van der Waals surface area contributed by atoms with E-state index in [1.807, 2.05) is 32.3 Å². The van der Waals surface area contributed by atoms with Crippen LogP contribution in [-0.2, 0) is 6.54 Å². The summed E-state index contributed by atoms with van der Waals surface area (Å²) in [6, 6.07) is 8.13. The quantitative estimate of drug-likeness (QED) is 0.905. The smallest absolute Gasteiger partial charge is 0.121 e. The Kier molecular flexibility index (Phi) is 4.47. The van der Waals surface area contributed by atoms with E-state index in [1.54, 1.807) is 0 Å². The largest absolute Gasteiger partial charge is 0.389 e. The molecule has 5 heteroatoms. The maximum atomic E-state index is 10.7. The van der Waals surface area contributed by atoms with Crippen LogP contribution in [0.2, 0.25) is 0 Å². The lowest BCUT2D eigenvalue weighted by molar-refractivity contribution is 0.00253. The van der Waals surface area contributed by atoms with Crippen molar-refractivity contribution in [2.45, 2.75) is 31.4 Å². The Labute approximate surface area is 131 Å². The Morgan fingerprint density at radius 2 is 2.09 bits per heavy atom.